The van der Waals surface area contributed by atoms with Crippen LogP contribution in [-0.2, 0) is 0 Å². The summed E-state index contributed by atoms with van der Waals surface area (Å²) in [6.45, 7) is 9.31. The van der Waals surface area contributed by atoms with Gasteiger partial charge in [0, 0.05) is 30.3 Å². The second-order valence-corrected chi connectivity index (χ2v) is 6.54. The number of rotatable bonds is 7. The Labute approximate surface area is 136 Å². The minimum absolute atomic E-state index is 0.0514. The van der Waals surface area contributed by atoms with Crippen LogP contribution in [0.25, 0.3) is 0 Å². The normalized spacial score (nSPS) is 11.0. The SMILES string of the molecule is CCC(CC)N(CC(C)C)C(=O)c1cc(Br)cnc1NC. The second kappa shape index (κ2) is 8.37. The van der Waals surface area contributed by atoms with Gasteiger partial charge in [-0.25, -0.2) is 4.98 Å². The molecule has 0 radical (unpaired) electrons. The number of hydrogen-bond donors (Lipinski definition) is 1. The van der Waals surface area contributed by atoms with Crippen LogP contribution in [0.1, 0.15) is 50.9 Å². The molecule has 0 aliphatic carbocycles. The lowest BCUT2D eigenvalue weighted by atomic mass is 10.1. The van der Waals surface area contributed by atoms with Crippen molar-refractivity contribution in [1.29, 1.82) is 0 Å². The van der Waals surface area contributed by atoms with Crippen molar-refractivity contribution in [1.82, 2.24) is 9.88 Å². The van der Waals surface area contributed by atoms with Crippen LogP contribution in [0.4, 0.5) is 5.82 Å². The summed E-state index contributed by atoms with van der Waals surface area (Å²) in [5, 5.41) is 3.01. The number of nitrogens with zero attached hydrogens (tertiary/aromatic N) is 2. The van der Waals surface area contributed by atoms with Crippen molar-refractivity contribution in [3.8, 4) is 0 Å². The Morgan fingerprint density at radius 3 is 2.48 bits per heavy atom. The lowest BCUT2D eigenvalue weighted by Crippen LogP contribution is -2.42. The number of hydrogen-bond acceptors (Lipinski definition) is 3. The summed E-state index contributed by atoms with van der Waals surface area (Å²) in [6, 6.07) is 2.11. The quantitative estimate of drug-likeness (QED) is 0.797. The number of carbonyl (C=O) groups is 1. The second-order valence-electron chi connectivity index (χ2n) is 5.62. The van der Waals surface area contributed by atoms with Crippen LogP contribution in [0.15, 0.2) is 16.7 Å². The number of nitrogens with one attached hydrogen (secondary N) is 1. The van der Waals surface area contributed by atoms with Crippen LogP contribution in [0.5, 0.6) is 0 Å². The van der Waals surface area contributed by atoms with E-state index in [1.165, 1.54) is 0 Å². The monoisotopic (exact) mass is 355 g/mol. The first-order valence-corrected chi connectivity index (χ1v) is 8.38. The predicted molar refractivity (Wildman–Crippen MR) is 91.7 cm³/mol. The summed E-state index contributed by atoms with van der Waals surface area (Å²) in [4.78, 5) is 19.3. The molecule has 0 saturated carbocycles. The van der Waals surface area contributed by atoms with Gasteiger partial charge >= 0.3 is 0 Å². The van der Waals surface area contributed by atoms with E-state index < -0.39 is 0 Å². The summed E-state index contributed by atoms with van der Waals surface area (Å²) in [7, 11) is 1.79. The molecule has 1 rings (SSSR count). The van der Waals surface area contributed by atoms with Gasteiger partial charge in [-0.3, -0.25) is 4.79 Å². The van der Waals surface area contributed by atoms with Crippen LogP contribution in [-0.4, -0.2) is 35.4 Å². The number of aromatic nitrogens is 1. The lowest BCUT2D eigenvalue weighted by molar-refractivity contribution is 0.0641. The van der Waals surface area contributed by atoms with Gasteiger partial charge in [-0.2, -0.15) is 0 Å². The van der Waals surface area contributed by atoms with Gasteiger partial charge in [0.1, 0.15) is 5.82 Å². The number of halogens is 1. The van der Waals surface area contributed by atoms with Crippen molar-refractivity contribution < 1.29 is 4.79 Å². The number of carbonyl (C=O) groups excluding carboxylic acids is 1. The number of pyridine rings is 1. The van der Waals surface area contributed by atoms with E-state index in [2.05, 4.69) is 53.9 Å². The highest BCUT2D eigenvalue weighted by molar-refractivity contribution is 9.10. The highest BCUT2D eigenvalue weighted by Gasteiger charge is 2.25. The van der Waals surface area contributed by atoms with Crippen LogP contribution in [0.2, 0.25) is 0 Å². The smallest absolute Gasteiger partial charge is 0.257 e. The maximum absolute atomic E-state index is 13.0. The Balaban J connectivity index is 3.18. The average Bonchev–Trinajstić information content (AvgIpc) is 2.46. The fourth-order valence-corrected chi connectivity index (χ4v) is 2.81. The van der Waals surface area contributed by atoms with Crippen LogP contribution < -0.4 is 5.32 Å². The fourth-order valence-electron chi connectivity index (χ4n) is 2.48. The lowest BCUT2D eigenvalue weighted by Gasteiger charge is -2.32. The highest BCUT2D eigenvalue weighted by atomic mass is 79.9. The third-order valence-corrected chi connectivity index (χ3v) is 3.96. The van der Waals surface area contributed by atoms with Crippen molar-refractivity contribution in [3.63, 3.8) is 0 Å². The minimum Gasteiger partial charge on any atom is -0.372 e. The summed E-state index contributed by atoms with van der Waals surface area (Å²) in [6.07, 6.45) is 3.63. The van der Waals surface area contributed by atoms with Gasteiger partial charge < -0.3 is 10.2 Å². The first kappa shape index (κ1) is 18.0. The molecule has 0 aliphatic rings. The molecular weight excluding hydrogens is 330 g/mol. The standard InChI is InChI=1S/C16H26BrN3O/c1-6-13(7-2)20(10-11(3)4)16(21)14-8-12(17)9-19-15(14)18-5/h8-9,11,13H,6-7,10H2,1-5H3,(H,18,19). The van der Waals surface area contributed by atoms with Gasteiger partial charge in [0.15, 0.2) is 0 Å². The molecule has 0 fully saturated rings. The van der Waals surface area contributed by atoms with Crippen molar-refractivity contribution in [2.24, 2.45) is 5.92 Å². The average molecular weight is 356 g/mol. The maximum Gasteiger partial charge on any atom is 0.257 e. The molecule has 0 aromatic carbocycles. The van der Waals surface area contributed by atoms with E-state index in [1.54, 1.807) is 13.2 Å². The molecule has 21 heavy (non-hydrogen) atoms. The van der Waals surface area contributed by atoms with Crippen molar-refractivity contribution in [2.45, 2.75) is 46.6 Å². The van der Waals surface area contributed by atoms with Crippen LogP contribution in [0.3, 0.4) is 0 Å². The molecule has 5 heteroatoms. The molecule has 118 valence electrons. The first-order chi connectivity index (χ1) is 9.94. The summed E-state index contributed by atoms with van der Waals surface area (Å²) < 4.78 is 0.818. The van der Waals surface area contributed by atoms with Crippen LogP contribution in [0, 0.1) is 5.92 Å². The van der Waals surface area contributed by atoms with Gasteiger partial charge in [0.25, 0.3) is 5.91 Å². The Bertz CT molecular complexity index is 473. The summed E-state index contributed by atoms with van der Waals surface area (Å²) >= 11 is 3.40. The Morgan fingerprint density at radius 1 is 1.38 bits per heavy atom. The first-order valence-electron chi connectivity index (χ1n) is 7.58. The Kier molecular flexibility index (Phi) is 7.15. The maximum atomic E-state index is 13.0. The molecule has 1 aromatic rings. The molecule has 0 spiro atoms. The molecule has 0 aliphatic heterocycles. The zero-order valence-electron chi connectivity index (χ0n) is 13.6. The van der Waals surface area contributed by atoms with Crippen LogP contribution >= 0.6 is 15.9 Å². The molecule has 0 atom stereocenters. The van der Waals surface area contributed by atoms with Gasteiger partial charge in [-0.05, 0) is 40.8 Å². The molecule has 0 unspecified atom stereocenters. The fraction of sp³-hybridized carbons (Fsp3) is 0.625. The molecule has 1 heterocycles. The molecule has 0 bridgehead atoms. The van der Waals surface area contributed by atoms with Crippen molar-refractivity contribution in [3.05, 3.63) is 22.3 Å². The van der Waals surface area contributed by atoms with Gasteiger partial charge in [-0.1, -0.05) is 27.7 Å². The summed E-state index contributed by atoms with van der Waals surface area (Å²) in [5.74, 6) is 1.12. The van der Waals surface area contributed by atoms with Gasteiger partial charge in [0.05, 0.1) is 5.56 Å². The van der Waals surface area contributed by atoms with Gasteiger partial charge in [-0.15, -0.1) is 0 Å². The van der Waals surface area contributed by atoms with E-state index >= 15 is 0 Å². The molecular formula is C16H26BrN3O. The zero-order chi connectivity index (χ0) is 16.0. The minimum atomic E-state index is 0.0514. The van der Waals surface area contributed by atoms with Crippen molar-refractivity contribution >= 4 is 27.7 Å². The highest BCUT2D eigenvalue weighted by Crippen LogP contribution is 2.22. The van der Waals surface area contributed by atoms with E-state index in [0.717, 1.165) is 23.9 Å². The third kappa shape index (κ3) is 4.70. The predicted octanol–water partition coefficient (Wildman–Crippen LogP) is 4.17. The van der Waals surface area contributed by atoms with E-state index in [4.69, 9.17) is 0 Å². The summed E-state index contributed by atoms with van der Waals surface area (Å²) in [5.41, 5.74) is 0.624. The Hall–Kier alpha value is -1.10. The van der Waals surface area contributed by atoms with E-state index in [0.29, 0.717) is 17.3 Å². The third-order valence-electron chi connectivity index (χ3n) is 3.53. The largest absolute Gasteiger partial charge is 0.372 e. The molecule has 1 aromatic heterocycles. The molecule has 0 saturated heterocycles. The number of amides is 1. The topological polar surface area (TPSA) is 45.2 Å². The van der Waals surface area contributed by atoms with E-state index in [9.17, 15) is 4.79 Å². The number of anilines is 1. The Morgan fingerprint density at radius 2 is 2.00 bits per heavy atom. The molecule has 4 nitrogen and oxygen atoms in total. The molecule has 1 amide bonds. The van der Waals surface area contributed by atoms with E-state index in [-0.39, 0.29) is 11.9 Å². The molecule has 1 N–H and O–H groups in total. The van der Waals surface area contributed by atoms with Crippen molar-refractivity contribution in [2.75, 3.05) is 18.9 Å². The van der Waals surface area contributed by atoms with Gasteiger partial charge in [0.2, 0.25) is 0 Å². The zero-order valence-corrected chi connectivity index (χ0v) is 15.2. The van der Waals surface area contributed by atoms with E-state index in [1.807, 2.05) is 11.0 Å².